The highest BCUT2D eigenvalue weighted by Crippen LogP contribution is 2.23. The minimum Gasteiger partial charge on any atom is -0.380 e. The van der Waals surface area contributed by atoms with Gasteiger partial charge in [-0.15, -0.1) is 0 Å². The van der Waals surface area contributed by atoms with Crippen molar-refractivity contribution in [3.05, 3.63) is 72.4 Å². The summed E-state index contributed by atoms with van der Waals surface area (Å²) in [5.41, 5.74) is 3.12. The van der Waals surface area contributed by atoms with Crippen molar-refractivity contribution in [2.45, 2.75) is 43.6 Å². The second-order valence-electron chi connectivity index (χ2n) is 7.41. The van der Waals surface area contributed by atoms with E-state index < -0.39 is 14.6 Å². The third kappa shape index (κ3) is 4.54. The molecule has 27 heavy (non-hydrogen) atoms. The summed E-state index contributed by atoms with van der Waals surface area (Å²) in [6.45, 7) is 6.45. The van der Waals surface area contributed by atoms with E-state index >= 15 is 0 Å². The van der Waals surface area contributed by atoms with Gasteiger partial charge >= 0.3 is 0 Å². The van der Waals surface area contributed by atoms with Gasteiger partial charge in [0.05, 0.1) is 23.0 Å². The fourth-order valence-corrected chi connectivity index (χ4v) is 3.58. The molecule has 7 heteroatoms. The number of anilines is 1. The van der Waals surface area contributed by atoms with E-state index in [4.69, 9.17) is 0 Å². The molecule has 0 radical (unpaired) electrons. The SMILES string of the molecule is CC(C)(C)S(=O)(=O)c1ccc(NCc2ccc(Cn3ccnc3)cc2)cn1. The van der Waals surface area contributed by atoms with Crippen molar-refractivity contribution in [2.24, 2.45) is 0 Å². The summed E-state index contributed by atoms with van der Waals surface area (Å²) in [6, 6.07) is 11.6. The number of rotatable bonds is 6. The molecule has 142 valence electrons. The van der Waals surface area contributed by atoms with Crippen molar-refractivity contribution >= 4 is 15.5 Å². The predicted octanol–water partition coefficient (Wildman–Crippen LogP) is 3.51. The van der Waals surface area contributed by atoms with Crippen LogP contribution in [0, 0.1) is 0 Å². The van der Waals surface area contributed by atoms with Gasteiger partial charge in [0.15, 0.2) is 14.9 Å². The van der Waals surface area contributed by atoms with E-state index in [1.165, 1.54) is 5.56 Å². The molecule has 0 saturated heterocycles. The summed E-state index contributed by atoms with van der Waals surface area (Å²) in [5, 5.41) is 3.37. The highest BCUT2D eigenvalue weighted by atomic mass is 32.2. The van der Waals surface area contributed by atoms with Crippen molar-refractivity contribution in [1.82, 2.24) is 14.5 Å². The second kappa shape index (κ2) is 7.52. The lowest BCUT2D eigenvalue weighted by Gasteiger charge is -2.18. The molecule has 0 fully saturated rings. The normalized spacial score (nSPS) is 12.1. The van der Waals surface area contributed by atoms with Crippen LogP contribution in [-0.2, 0) is 22.9 Å². The molecule has 2 aromatic heterocycles. The Morgan fingerprint density at radius 2 is 1.74 bits per heavy atom. The molecule has 2 heterocycles. The van der Waals surface area contributed by atoms with E-state index in [9.17, 15) is 8.42 Å². The van der Waals surface area contributed by atoms with Crippen LogP contribution in [0.4, 0.5) is 5.69 Å². The molecule has 0 amide bonds. The summed E-state index contributed by atoms with van der Waals surface area (Å²) < 4.78 is 26.0. The minimum absolute atomic E-state index is 0.101. The first kappa shape index (κ1) is 19.1. The lowest BCUT2D eigenvalue weighted by Crippen LogP contribution is -2.28. The summed E-state index contributed by atoms with van der Waals surface area (Å²) in [5.74, 6) is 0. The fraction of sp³-hybridized carbons (Fsp3) is 0.300. The van der Waals surface area contributed by atoms with Crippen molar-refractivity contribution in [1.29, 1.82) is 0 Å². The van der Waals surface area contributed by atoms with Gasteiger partial charge in [-0.05, 0) is 44.0 Å². The zero-order valence-corrected chi connectivity index (χ0v) is 16.6. The molecule has 3 aromatic rings. The van der Waals surface area contributed by atoms with Gasteiger partial charge in [0.1, 0.15) is 0 Å². The molecule has 0 spiro atoms. The zero-order chi connectivity index (χ0) is 19.5. The predicted molar refractivity (Wildman–Crippen MR) is 106 cm³/mol. The van der Waals surface area contributed by atoms with Gasteiger partial charge in [-0.1, -0.05) is 24.3 Å². The summed E-state index contributed by atoms with van der Waals surface area (Å²) in [7, 11) is -3.43. The lowest BCUT2D eigenvalue weighted by atomic mass is 10.1. The third-order valence-corrected chi connectivity index (χ3v) is 6.67. The van der Waals surface area contributed by atoms with E-state index in [2.05, 4.69) is 39.6 Å². The number of benzene rings is 1. The maximum atomic E-state index is 12.4. The topological polar surface area (TPSA) is 76.9 Å². The van der Waals surface area contributed by atoms with Crippen molar-refractivity contribution < 1.29 is 8.42 Å². The van der Waals surface area contributed by atoms with Gasteiger partial charge in [0, 0.05) is 25.5 Å². The first-order chi connectivity index (χ1) is 12.8. The maximum Gasteiger partial charge on any atom is 0.200 e. The number of sulfone groups is 1. The summed E-state index contributed by atoms with van der Waals surface area (Å²) in [6.07, 6.45) is 7.06. The van der Waals surface area contributed by atoms with E-state index in [1.807, 2.05) is 10.8 Å². The van der Waals surface area contributed by atoms with Gasteiger partial charge in [0.25, 0.3) is 0 Å². The Hall–Kier alpha value is -2.67. The molecule has 0 atom stereocenters. The molecule has 0 saturated carbocycles. The van der Waals surface area contributed by atoms with Crippen LogP contribution in [-0.4, -0.2) is 27.7 Å². The summed E-state index contributed by atoms with van der Waals surface area (Å²) >= 11 is 0. The highest BCUT2D eigenvalue weighted by Gasteiger charge is 2.31. The lowest BCUT2D eigenvalue weighted by molar-refractivity contribution is 0.556. The van der Waals surface area contributed by atoms with Crippen molar-refractivity contribution in [3.63, 3.8) is 0 Å². The number of pyridine rings is 1. The molecule has 0 bridgehead atoms. The Bertz CT molecular complexity index is 972. The number of nitrogens with one attached hydrogen (secondary N) is 1. The molecular weight excluding hydrogens is 360 g/mol. The number of hydrogen-bond acceptors (Lipinski definition) is 5. The molecule has 0 unspecified atom stereocenters. The number of aromatic nitrogens is 3. The molecule has 0 aliphatic heterocycles. The smallest absolute Gasteiger partial charge is 0.200 e. The Morgan fingerprint density at radius 1 is 1.04 bits per heavy atom. The molecule has 0 aliphatic rings. The van der Waals surface area contributed by atoms with Gasteiger partial charge in [0.2, 0.25) is 0 Å². The highest BCUT2D eigenvalue weighted by molar-refractivity contribution is 7.92. The number of imidazole rings is 1. The van der Waals surface area contributed by atoms with Gasteiger partial charge < -0.3 is 9.88 Å². The number of hydrogen-bond donors (Lipinski definition) is 1. The second-order valence-corrected chi connectivity index (χ2v) is 10.1. The average Bonchev–Trinajstić information content (AvgIpc) is 3.13. The molecule has 1 aromatic carbocycles. The van der Waals surface area contributed by atoms with Crippen molar-refractivity contribution in [3.8, 4) is 0 Å². The zero-order valence-electron chi connectivity index (χ0n) is 15.8. The largest absolute Gasteiger partial charge is 0.380 e. The van der Waals surface area contributed by atoms with Crippen LogP contribution in [0.3, 0.4) is 0 Å². The minimum atomic E-state index is -3.43. The third-order valence-electron chi connectivity index (χ3n) is 4.26. The maximum absolute atomic E-state index is 12.4. The van der Waals surface area contributed by atoms with Crippen LogP contribution in [0.1, 0.15) is 31.9 Å². The van der Waals surface area contributed by atoms with Crippen LogP contribution < -0.4 is 5.32 Å². The average molecular weight is 385 g/mol. The molecule has 3 rings (SSSR count). The van der Waals surface area contributed by atoms with Crippen LogP contribution in [0.15, 0.2) is 66.3 Å². The Balaban J connectivity index is 1.60. The molecule has 1 N–H and O–H groups in total. The van der Waals surface area contributed by atoms with E-state index in [0.29, 0.717) is 6.54 Å². The Morgan fingerprint density at radius 3 is 2.30 bits per heavy atom. The standard InChI is InChI=1S/C20H24N4O2S/c1-20(2,3)27(25,26)19-9-8-18(13-23-19)22-12-16-4-6-17(7-5-16)14-24-11-10-21-15-24/h4-11,13,15,22H,12,14H2,1-3H3. The van der Waals surface area contributed by atoms with Gasteiger partial charge in [-0.25, -0.2) is 18.4 Å². The Labute approximate surface area is 160 Å². The monoisotopic (exact) mass is 384 g/mol. The first-order valence-electron chi connectivity index (χ1n) is 8.74. The van der Waals surface area contributed by atoms with E-state index in [0.717, 1.165) is 17.8 Å². The van der Waals surface area contributed by atoms with Crippen LogP contribution in [0.25, 0.3) is 0 Å². The molecule has 0 aliphatic carbocycles. The quantitative estimate of drug-likeness (QED) is 0.704. The number of nitrogens with zero attached hydrogens (tertiary/aromatic N) is 3. The molecule has 6 nitrogen and oxygen atoms in total. The Kier molecular flexibility index (Phi) is 5.32. The van der Waals surface area contributed by atoms with Crippen LogP contribution >= 0.6 is 0 Å². The summed E-state index contributed by atoms with van der Waals surface area (Å²) in [4.78, 5) is 8.17. The van der Waals surface area contributed by atoms with E-state index in [1.54, 1.807) is 51.6 Å². The molecular formula is C20H24N4O2S. The van der Waals surface area contributed by atoms with Gasteiger partial charge in [-0.3, -0.25) is 0 Å². The van der Waals surface area contributed by atoms with Crippen molar-refractivity contribution in [2.75, 3.05) is 5.32 Å². The van der Waals surface area contributed by atoms with Gasteiger partial charge in [-0.2, -0.15) is 0 Å². The van der Waals surface area contributed by atoms with Crippen LogP contribution in [0.2, 0.25) is 0 Å². The van der Waals surface area contributed by atoms with E-state index in [-0.39, 0.29) is 5.03 Å². The fourth-order valence-electron chi connectivity index (χ4n) is 2.52. The van der Waals surface area contributed by atoms with Crippen LogP contribution in [0.5, 0.6) is 0 Å². The first-order valence-corrected chi connectivity index (χ1v) is 10.2.